The van der Waals surface area contributed by atoms with E-state index < -0.39 is 0 Å². The SMILES string of the molecule is O=C(COc1ccccc1I)N/N=C/c1ccc(N2CCCCC2)cc1. The first-order valence-electron chi connectivity index (χ1n) is 8.76. The quantitative estimate of drug-likeness (QED) is 0.403. The second-order valence-corrected chi connectivity index (χ2v) is 7.31. The average molecular weight is 463 g/mol. The number of piperidine rings is 1. The number of para-hydroxylation sites is 1. The van der Waals surface area contributed by atoms with Gasteiger partial charge in [0.25, 0.3) is 5.91 Å². The monoisotopic (exact) mass is 463 g/mol. The Morgan fingerprint density at radius 3 is 2.58 bits per heavy atom. The Hall–Kier alpha value is -2.09. The van der Waals surface area contributed by atoms with Crippen molar-refractivity contribution in [2.24, 2.45) is 5.10 Å². The molecule has 6 heteroatoms. The van der Waals surface area contributed by atoms with Gasteiger partial charge in [-0.25, -0.2) is 5.43 Å². The van der Waals surface area contributed by atoms with Crippen LogP contribution in [-0.2, 0) is 4.79 Å². The number of amides is 1. The van der Waals surface area contributed by atoms with Crippen LogP contribution < -0.4 is 15.1 Å². The molecule has 0 aliphatic carbocycles. The highest BCUT2D eigenvalue weighted by Crippen LogP contribution is 2.20. The van der Waals surface area contributed by atoms with Gasteiger partial charge in [-0.3, -0.25) is 4.79 Å². The number of anilines is 1. The smallest absolute Gasteiger partial charge is 0.277 e. The van der Waals surface area contributed by atoms with E-state index in [1.54, 1.807) is 6.21 Å². The molecule has 1 N–H and O–H groups in total. The third kappa shape index (κ3) is 5.45. The Morgan fingerprint density at radius 1 is 1.12 bits per heavy atom. The van der Waals surface area contributed by atoms with Crippen molar-refractivity contribution in [3.05, 3.63) is 57.7 Å². The molecule has 1 heterocycles. The summed E-state index contributed by atoms with van der Waals surface area (Å²) in [6.45, 7) is 2.19. The maximum Gasteiger partial charge on any atom is 0.277 e. The predicted octanol–water partition coefficient (Wildman–Crippen LogP) is 3.81. The first kappa shape index (κ1) is 18.7. The van der Waals surface area contributed by atoms with E-state index in [2.05, 4.69) is 50.2 Å². The van der Waals surface area contributed by atoms with Crippen LogP contribution in [0.2, 0.25) is 0 Å². The molecule has 1 aliphatic rings. The molecule has 0 atom stereocenters. The van der Waals surface area contributed by atoms with Crippen molar-refractivity contribution in [2.45, 2.75) is 19.3 Å². The molecule has 1 fully saturated rings. The summed E-state index contributed by atoms with van der Waals surface area (Å²) in [6.07, 6.45) is 5.50. The van der Waals surface area contributed by atoms with Crippen molar-refractivity contribution in [1.29, 1.82) is 0 Å². The van der Waals surface area contributed by atoms with Crippen LogP contribution in [0.3, 0.4) is 0 Å². The maximum absolute atomic E-state index is 11.8. The molecule has 3 rings (SSSR count). The fourth-order valence-electron chi connectivity index (χ4n) is 2.84. The van der Waals surface area contributed by atoms with Crippen molar-refractivity contribution in [3.63, 3.8) is 0 Å². The molecule has 2 aromatic rings. The van der Waals surface area contributed by atoms with Crippen LogP contribution in [0.1, 0.15) is 24.8 Å². The van der Waals surface area contributed by atoms with E-state index >= 15 is 0 Å². The van der Waals surface area contributed by atoms with Crippen LogP contribution in [0.5, 0.6) is 5.75 Å². The van der Waals surface area contributed by atoms with Gasteiger partial charge in [0.1, 0.15) is 5.75 Å². The topological polar surface area (TPSA) is 53.9 Å². The molecule has 0 spiro atoms. The lowest BCUT2D eigenvalue weighted by Crippen LogP contribution is -2.29. The largest absolute Gasteiger partial charge is 0.483 e. The number of ether oxygens (including phenoxy) is 1. The van der Waals surface area contributed by atoms with Crippen molar-refractivity contribution >= 4 is 40.4 Å². The van der Waals surface area contributed by atoms with Crippen LogP contribution in [0.25, 0.3) is 0 Å². The summed E-state index contributed by atoms with van der Waals surface area (Å²) in [5, 5.41) is 4.00. The van der Waals surface area contributed by atoms with E-state index in [4.69, 9.17) is 4.74 Å². The van der Waals surface area contributed by atoms with Gasteiger partial charge in [0.05, 0.1) is 9.78 Å². The van der Waals surface area contributed by atoms with Crippen LogP contribution in [-0.4, -0.2) is 31.8 Å². The summed E-state index contributed by atoms with van der Waals surface area (Å²) in [5.41, 5.74) is 4.69. The van der Waals surface area contributed by atoms with Gasteiger partial charge in [-0.15, -0.1) is 0 Å². The zero-order chi connectivity index (χ0) is 18.2. The molecular weight excluding hydrogens is 441 g/mol. The Balaban J connectivity index is 1.45. The number of nitrogens with zero attached hydrogens (tertiary/aromatic N) is 2. The molecule has 1 saturated heterocycles. The normalized spacial score (nSPS) is 14.4. The maximum atomic E-state index is 11.8. The molecule has 0 radical (unpaired) electrons. The number of rotatable bonds is 6. The van der Waals surface area contributed by atoms with Crippen LogP contribution in [0.15, 0.2) is 53.6 Å². The Bertz CT molecular complexity index is 756. The number of carbonyl (C=O) groups is 1. The fourth-order valence-corrected chi connectivity index (χ4v) is 3.38. The molecule has 0 bridgehead atoms. The number of hydrogen-bond acceptors (Lipinski definition) is 4. The molecule has 136 valence electrons. The van der Waals surface area contributed by atoms with Crippen molar-refractivity contribution in [1.82, 2.24) is 5.43 Å². The Morgan fingerprint density at radius 2 is 1.85 bits per heavy atom. The number of benzene rings is 2. The lowest BCUT2D eigenvalue weighted by atomic mass is 10.1. The van der Waals surface area contributed by atoms with Gasteiger partial charge in [0.15, 0.2) is 6.61 Å². The summed E-state index contributed by atoms with van der Waals surface area (Å²) in [7, 11) is 0. The molecular formula is C20H22IN3O2. The van der Waals surface area contributed by atoms with E-state index in [0.717, 1.165) is 22.2 Å². The highest BCUT2D eigenvalue weighted by Gasteiger charge is 2.10. The second-order valence-electron chi connectivity index (χ2n) is 6.15. The lowest BCUT2D eigenvalue weighted by Gasteiger charge is -2.28. The van der Waals surface area contributed by atoms with Gasteiger partial charge in [-0.1, -0.05) is 24.3 Å². The number of nitrogens with one attached hydrogen (secondary N) is 1. The summed E-state index contributed by atoms with van der Waals surface area (Å²) >= 11 is 2.17. The van der Waals surface area contributed by atoms with Crippen LogP contribution in [0, 0.1) is 3.57 Å². The van der Waals surface area contributed by atoms with Gasteiger partial charge in [0.2, 0.25) is 0 Å². The van der Waals surface area contributed by atoms with E-state index in [1.807, 2.05) is 36.4 Å². The van der Waals surface area contributed by atoms with Crippen LogP contribution in [0.4, 0.5) is 5.69 Å². The van der Waals surface area contributed by atoms with E-state index in [1.165, 1.54) is 24.9 Å². The van der Waals surface area contributed by atoms with E-state index in [9.17, 15) is 4.79 Å². The van der Waals surface area contributed by atoms with Crippen molar-refractivity contribution in [3.8, 4) is 5.75 Å². The molecule has 1 amide bonds. The Labute approximate surface area is 167 Å². The summed E-state index contributed by atoms with van der Waals surface area (Å²) < 4.78 is 6.45. The van der Waals surface area contributed by atoms with Gasteiger partial charge in [-0.05, 0) is 71.7 Å². The third-order valence-electron chi connectivity index (χ3n) is 4.21. The standard InChI is InChI=1S/C20H22IN3O2/c21-18-6-2-3-7-19(18)26-15-20(25)23-22-14-16-8-10-17(11-9-16)24-12-4-1-5-13-24/h2-3,6-11,14H,1,4-5,12-13,15H2,(H,23,25)/b22-14+. The zero-order valence-electron chi connectivity index (χ0n) is 14.5. The van der Waals surface area contributed by atoms with E-state index in [0.29, 0.717) is 5.75 Å². The molecule has 0 unspecified atom stereocenters. The highest BCUT2D eigenvalue weighted by molar-refractivity contribution is 14.1. The van der Waals surface area contributed by atoms with E-state index in [-0.39, 0.29) is 12.5 Å². The highest BCUT2D eigenvalue weighted by atomic mass is 127. The summed E-state index contributed by atoms with van der Waals surface area (Å²) in [4.78, 5) is 14.2. The minimum atomic E-state index is -0.286. The summed E-state index contributed by atoms with van der Waals surface area (Å²) in [5.74, 6) is 0.409. The number of hydrazone groups is 1. The average Bonchev–Trinajstić information content (AvgIpc) is 2.69. The van der Waals surface area contributed by atoms with Gasteiger partial charge in [-0.2, -0.15) is 5.10 Å². The number of carbonyl (C=O) groups excluding carboxylic acids is 1. The third-order valence-corrected chi connectivity index (χ3v) is 5.10. The first-order chi connectivity index (χ1) is 12.7. The van der Waals surface area contributed by atoms with Crippen LogP contribution >= 0.6 is 22.6 Å². The fraction of sp³-hybridized carbons (Fsp3) is 0.300. The molecule has 1 aliphatic heterocycles. The lowest BCUT2D eigenvalue weighted by molar-refractivity contribution is -0.123. The predicted molar refractivity (Wildman–Crippen MR) is 113 cm³/mol. The summed E-state index contributed by atoms with van der Waals surface area (Å²) in [6, 6.07) is 15.8. The molecule has 5 nitrogen and oxygen atoms in total. The zero-order valence-corrected chi connectivity index (χ0v) is 16.7. The second kappa shape index (κ2) is 9.56. The molecule has 0 saturated carbocycles. The van der Waals surface area contributed by atoms with Crippen molar-refractivity contribution < 1.29 is 9.53 Å². The molecule has 26 heavy (non-hydrogen) atoms. The Kier molecular flexibility index (Phi) is 6.88. The number of halogens is 1. The van der Waals surface area contributed by atoms with Gasteiger partial charge in [0, 0.05) is 18.8 Å². The van der Waals surface area contributed by atoms with Gasteiger partial charge >= 0.3 is 0 Å². The van der Waals surface area contributed by atoms with Gasteiger partial charge < -0.3 is 9.64 Å². The number of hydrogen-bond donors (Lipinski definition) is 1. The first-order valence-corrected chi connectivity index (χ1v) is 9.84. The molecule has 0 aromatic heterocycles. The molecule has 2 aromatic carbocycles. The van der Waals surface area contributed by atoms with Crippen molar-refractivity contribution in [2.75, 3.05) is 24.6 Å². The minimum Gasteiger partial charge on any atom is -0.483 e. The minimum absolute atomic E-state index is 0.0642.